The second-order valence-corrected chi connectivity index (χ2v) is 5.53. The molecule has 5 heteroatoms. The second kappa shape index (κ2) is 8.02. The lowest BCUT2D eigenvalue weighted by atomic mass is 9.79. The van der Waals surface area contributed by atoms with Crippen LogP contribution < -0.4 is 10.6 Å². The van der Waals surface area contributed by atoms with Crippen LogP contribution >= 0.6 is 0 Å². The summed E-state index contributed by atoms with van der Waals surface area (Å²) in [6, 6.07) is -0.0257. The van der Waals surface area contributed by atoms with E-state index in [2.05, 4.69) is 17.6 Å². The van der Waals surface area contributed by atoms with Gasteiger partial charge in [-0.1, -0.05) is 26.2 Å². The quantitative estimate of drug-likeness (QED) is 0.693. The normalized spacial score (nSPS) is 24.5. The third kappa shape index (κ3) is 5.49. The molecule has 2 amide bonds. The average Bonchev–Trinajstić information content (AvgIpc) is 2.36. The highest BCUT2D eigenvalue weighted by atomic mass is 16.4. The Morgan fingerprint density at radius 2 is 2.00 bits per heavy atom. The zero-order valence-corrected chi connectivity index (χ0v) is 11.9. The van der Waals surface area contributed by atoms with Crippen LogP contribution in [0.4, 0.5) is 4.79 Å². The van der Waals surface area contributed by atoms with E-state index in [1.54, 1.807) is 0 Å². The van der Waals surface area contributed by atoms with Crippen LogP contribution in [0.15, 0.2) is 0 Å². The van der Waals surface area contributed by atoms with Crippen molar-refractivity contribution in [1.82, 2.24) is 10.6 Å². The molecule has 1 fully saturated rings. The predicted octanol–water partition coefficient (Wildman–Crippen LogP) is 2.37. The number of urea groups is 1. The molecular formula is C14H26N2O3. The monoisotopic (exact) mass is 270 g/mol. The van der Waals surface area contributed by atoms with E-state index in [-0.39, 0.29) is 23.9 Å². The van der Waals surface area contributed by atoms with Crippen molar-refractivity contribution in [1.29, 1.82) is 0 Å². The maximum Gasteiger partial charge on any atom is 0.315 e. The first kappa shape index (κ1) is 15.8. The lowest BCUT2D eigenvalue weighted by Gasteiger charge is -2.28. The lowest BCUT2D eigenvalue weighted by molar-refractivity contribution is -0.144. The fourth-order valence-electron chi connectivity index (χ4n) is 2.78. The molecule has 0 bridgehead atoms. The minimum absolute atomic E-state index is 0.0680. The van der Waals surface area contributed by atoms with Crippen molar-refractivity contribution in [3.05, 3.63) is 0 Å². The van der Waals surface area contributed by atoms with Gasteiger partial charge < -0.3 is 15.7 Å². The van der Waals surface area contributed by atoms with Crippen LogP contribution in [0.25, 0.3) is 0 Å². The number of amides is 2. The van der Waals surface area contributed by atoms with E-state index in [4.69, 9.17) is 5.11 Å². The van der Waals surface area contributed by atoms with Crippen molar-refractivity contribution in [2.75, 3.05) is 6.54 Å². The number of rotatable bonds is 6. The first-order valence-electron chi connectivity index (χ1n) is 7.31. The fraction of sp³-hybridized carbons (Fsp3) is 0.857. The number of carbonyl (C=O) groups excluding carboxylic acids is 1. The largest absolute Gasteiger partial charge is 0.481 e. The highest BCUT2D eigenvalue weighted by molar-refractivity contribution is 5.74. The van der Waals surface area contributed by atoms with Gasteiger partial charge in [-0.05, 0) is 32.1 Å². The number of hydrogen-bond acceptors (Lipinski definition) is 2. The van der Waals surface area contributed by atoms with Gasteiger partial charge >= 0.3 is 12.0 Å². The Labute approximate surface area is 115 Å². The Balaban J connectivity index is 2.33. The summed E-state index contributed by atoms with van der Waals surface area (Å²) in [7, 11) is 0. The first-order chi connectivity index (χ1) is 9.04. The number of hydrogen-bond donors (Lipinski definition) is 3. The van der Waals surface area contributed by atoms with Crippen molar-refractivity contribution in [2.24, 2.45) is 11.8 Å². The molecular weight excluding hydrogens is 244 g/mol. The number of carbonyl (C=O) groups is 2. The summed E-state index contributed by atoms with van der Waals surface area (Å²) >= 11 is 0. The van der Waals surface area contributed by atoms with Crippen LogP contribution in [0.3, 0.4) is 0 Å². The van der Waals surface area contributed by atoms with Crippen LogP contribution in [-0.4, -0.2) is 29.7 Å². The van der Waals surface area contributed by atoms with Crippen molar-refractivity contribution >= 4 is 12.0 Å². The molecule has 3 N–H and O–H groups in total. The molecule has 0 spiro atoms. The third-order valence-corrected chi connectivity index (χ3v) is 3.85. The summed E-state index contributed by atoms with van der Waals surface area (Å²) in [5.74, 6) is -0.966. The van der Waals surface area contributed by atoms with E-state index < -0.39 is 5.97 Å². The fourth-order valence-corrected chi connectivity index (χ4v) is 2.78. The van der Waals surface area contributed by atoms with E-state index in [1.165, 1.54) is 0 Å². The summed E-state index contributed by atoms with van der Waals surface area (Å²) in [6.07, 6.45) is 5.65. The van der Waals surface area contributed by atoms with E-state index in [9.17, 15) is 9.59 Å². The van der Waals surface area contributed by atoms with Crippen molar-refractivity contribution < 1.29 is 14.7 Å². The molecule has 0 aliphatic heterocycles. The zero-order chi connectivity index (χ0) is 14.3. The maximum absolute atomic E-state index is 11.7. The summed E-state index contributed by atoms with van der Waals surface area (Å²) in [5, 5.41) is 14.8. The number of nitrogens with one attached hydrogen (secondary N) is 2. The van der Waals surface area contributed by atoms with E-state index >= 15 is 0 Å². The molecule has 0 aromatic heterocycles. The van der Waals surface area contributed by atoms with Crippen LogP contribution in [0.2, 0.25) is 0 Å². The molecule has 0 saturated heterocycles. The molecule has 110 valence electrons. The number of aliphatic carboxylic acids is 1. The Morgan fingerprint density at radius 3 is 2.63 bits per heavy atom. The molecule has 1 rings (SSSR count). The molecule has 19 heavy (non-hydrogen) atoms. The predicted molar refractivity (Wildman–Crippen MR) is 74.0 cm³/mol. The first-order valence-corrected chi connectivity index (χ1v) is 7.31. The van der Waals surface area contributed by atoms with Crippen LogP contribution in [0, 0.1) is 11.8 Å². The zero-order valence-electron chi connectivity index (χ0n) is 11.9. The molecule has 1 aliphatic carbocycles. The second-order valence-electron chi connectivity index (χ2n) is 5.53. The van der Waals surface area contributed by atoms with Crippen molar-refractivity contribution in [3.8, 4) is 0 Å². The molecule has 3 atom stereocenters. The van der Waals surface area contributed by atoms with Gasteiger partial charge in [-0.3, -0.25) is 4.79 Å². The van der Waals surface area contributed by atoms with Gasteiger partial charge in [-0.25, -0.2) is 4.79 Å². The average molecular weight is 270 g/mol. The van der Waals surface area contributed by atoms with Gasteiger partial charge in [0.25, 0.3) is 0 Å². The maximum atomic E-state index is 11.7. The van der Waals surface area contributed by atoms with Gasteiger partial charge in [0.1, 0.15) is 0 Å². The molecule has 5 nitrogen and oxygen atoms in total. The molecule has 0 aromatic rings. The van der Waals surface area contributed by atoms with Crippen LogP contribution in [0.5, 0.6) is 0 Å². The Hall–Kier alpha value is -1.26. The van der Waals surface area contributed by atoms with Gasteiger partial charge in [0.15, 0.2) is 0 Å². The lowest BCUT2D eigenvalue weighted by Crippen LogP contribution is -2.44. The highest BCUT2D eigenvalue weighted by Crippen LogP contribution is 2.29. The molecule has 1 aliphatic rings. The summed E-state index contributed by atoms with van der Waals surface area (Å²) < 4.78 is 0. The van der Waals surface area contributed by atoms with Gasteiger partial charge in [-0.2, -0.15) is 0 Å². The van der Waals surface area contributed by atoms with Gasteiger partial charge in [-0.15, -0.1) is 0 Å². The standard InChI is InChI=1S/C14H26N2O3/c1-3-6-10(2)16-14(19)15-9-11-7-4-5-8-12(11)13(17)18/h10-12H,3-9H2,1-2H3,(H,17,18)(H2,15,16,19). The smallest absolute Gasteiger partial charge is 0.315 e. The van der Waals surface area contributed by atoms with Gasteiger partial charge in [0.2, 0.25) is 0 Å². The van der Waals surface area contributed by atoms with Crippen molar-refractivity contribution in [2.45, 2.75) is 58.4 Å². The minimum Gasteiger partial charge on any atom is -0.481 e. The topological polar surface area (TPSA) is 78.4 Å². The number of carboxylic acid groups (broad SMARTS) is 1. The van der Waals surface area contributed by atoms with E-state index in [0.717, 1.165) is 38.5 Å². The summed E-state index contributed by atoms with van der Waals surface area (Å²) in [6.45, 7) is 4.51. The SMILES string of the molecule is CCCC(C)NC(=O)NCC1CCCCC1C(=O)O. The highest BCUT2D eigenvalue weighted by Gasteiger charge is 2.30. The van der Waals surface area contributed by atoms with Gasteiger partial charge in [0, 0.05) is 12.6 Å². The van der Waals surface area contributed by atoms with Crippen molar-refractivity contribution in [3.63, 3.8) is 0 Å². The molecule has 3 unspecified atom stereocenters. The van der Waals surface area contributed by atoms with E-state index in [1.807, 2.05) is 6.92 Å². The third-order valence-electron chi connectivity index (χ3n) is 3.85. The summed E-state index contributed by atoms with van der Waals surface area (Å²) in [5.41, 5.74) is 0. The molecule has 1 saturated carbocycles. The molecule has 0 heterocycles. The molecule has 0 aromatic carbocycles. The summed E-state index contributed by atoms with van der Waals surface area (Å²) in [4.78, 5) is 22.8. The van der Waals surface area contributed by atoms with E-state index in [0.29, 0.717) is 6.54 Å². The molecule has 0 radical (unpaired) electrons. The van der Waals surface area contributed by atoms with Crippen LogP contribution in [0.1, 0.15) is 52.4 Å². The van der Waals surface area contributed by atoms with Gasteiger partial charge in [0.05, 0.1) is 5.92 Å². The minimum atomic E-state index is -0.730. The van der Waals surface area contributed by atoms with Crippen LogP contribution in [-0.2, 0) is 4.79 Å². The Kier molecular flexibility index (Phi) is 6.67. The Bertz CT molecular complexity index is 307. The number of carboxylic acids is 1. The Morgan fingerprint density at radius 1 is 1.32 bits per heavy atom.